The molecule has 0 aliphatic carbocycles. The van der Waals surface area contributed by atoms with E-state index in [9.17, 15) is 29.2 Å². The summed E-state index contributed by atoms with van der Waals surface area (Å²) in [6.07, 6.45) is -7.44. The maximum atomic E-state index is 14.4. The molecule has 0 spiro atoms. The van der Waals surface area contributed by atoms with Crippen LogP contribution in [-0.4, -0.2) is 66.6 Å². The number of aromatic nitrogens is 1. The number of hydrogen-bond donors (Lipinski definition) is 0. The number of benzene rings is 2. The Labute approximate surface area is 264 Å². The summed E-state index contributed by atoms with van der Waals surface area (Å²) in [6, 6.07) is 19.1. The van der Waals surface area contributed by atoms with Gasteiger partial charge in [0.1, 0.15) is 30.1 Å². The van der Waals surface area contributed by atoms with E-state index >= 15 is 0 Å². The topological polar surface area (TPSA) is 169 Å². The lowest BCUT2D eigenvalue weighted by Crippen LogP contribution is -2.61. The molecular formula is C33H32N2O11. The molecule has 0 unspecified atom stereocenters. The molecule has 0 amide bonds. The van der Waals surface area contributed by atoms with Crippen molar-refractivity contribution in [1.82, 2.24) is 4.57 Å². The van der Waals surface area contributed by atoms with Gasteiger partial charge in [-0.15, -0.1) is 0 Å². The minimum absolute atomic E-state index is 0.228. The van der Waals surface area contributed by atoms with E-state index in [2.05, 4.69) is 0 Å². The van der Waals surface area contributed by atoms with Gasteiger partial charge in [0.15, 0.2) is 24.5 Å². The van der Waals surface area contributed by atoms with Gasteiger partial charge < -0.3 is 28.4 Å². The van der Waals surface area contributed by atoms with Crippen LogP contribution in [0.1, 0.15) is 39.5 Å². The molecule has 1 fully saturated rings. The summed E-state index contributed by atoms with van der Waals surface area (Å²) in [5.41, 5.74) is 0.533. The van der Waals surface area contributed by atoms with Crippen LogP contribution in [0.15, 0.2) is 65.5 Å². The van der Waals surface area contributed by atoms with Crippen LogP contribution in [0.4, 0.5) is 0 Å². The van der Waals surface area contributed by atoms with Crippen LogP contribution in [0, 0.1) is 11.3 Å². The summed E-state index contributed by atoms with van der Waals surface area (Å²) in [5.74, 6) is -2.62. The molecule has 1 aromatic heterocycles. The van der Waals surface area contributed by atoms with Crippen molar-refractivity contribution in [3.8, 4) is 34.2 Å². The Hall–Kier alpha value is -5.48. The number of ether oxygens (including phenoxy) is 6. The van der Waals surface area contributed by atoms with Gasteiger partial charge >= 0.3 is 23.9 Å². The highest BCUT2D eigenvalue weighted by atomic mass is 16.7. The number of esters is 4. The Kier molecular flexibility index (Phi) is 10.6. The second kappa shape index (κ2) is 14.5. The van der Waals surface area contributed by atoms with Gasteiger partial charge in [0.05, 0.1) is 12.8 Å². The molecule has 4 rings (SSSR count). The summed E-state index contributed by atoms with van der Waals surface area (Å²) in [5, 5.41) is 10.2. The number of rotatable bonds is 9. The van der Waals surface area contributed by atoms with E-state index in [1.165, 1.54) is 7.11 Å². The smallest absolute Gasteiger partial charge is 0.303 e. The van der Waals surface area contributed by atoms with Gasteiger partial charge in [0.25, 0.3) is 5.56 Å². The molecule has 3 aromatic rings. The van der Waals surface area contributed by atoms with Crippen LogP contribution in [-0.2, 0) is 42.9 Å². The highest BCUT2D eigenvalue weighted by molar-refractivity contribution is 5.76. The SMILES string of the molecule is COc1ccc(-c2cc(-c3ccccc3)c(C#N)c(=O)n2[C@@H]2O[C@H](COC(C)=O)[C@H](OC(C)=O)[C@H](OC(C)=O)[C@@H]2OC(C)=O)cc1. The van der Waals surface area contributed by atoms with Gasteiger partial charge in [0, 0.05) is 33.3 Å². The average Bonchev–Trinajstić information content (AvgIpc) is 3.01. The summed E-state index contributed by atoms with van der Waals surface area (Å²) < 4.78 is 34.5. The third-order valence-electron chi connectivity index (χ3n) is 7.05. The van der Waals surface area contributed by atoms with Crippen LogP contribution in [0.25, 0.3) is 22.4 Å². The number of methoxy groups -OCH3 is 1. The van der Waals surface area contributed by atoms with Crippen molar-refractivity contribution in [3.63, 3.8) is 0 Å². The predicted molar refractivity (Wildman–Crippen MR) is 160 cm³/mol. The molecule has 0 bridgehead atoms. The number of carbonyl (C=O) groups is 4. The minimum atomic E-state index is -1.58. The zero-order valence-electron chi connectivity index (χ0n) is 25.8. The molecule has 1 saturated heterocycles. The van der Waals surface area contributed by atoms with Crippen molar-refractivity contribution in [2.45, 2.75) is 58.3 Å². The average molecular weight is 633 g/mol. The fraction of sp³-hybridized carbons (Fsp3) is 0.333. The Balaban J connectivity index is 2.05. The fourth-order valence-electron chi connectivity index (χ4n) is 5.23. The van der Waals surface area contributed by atoms with Crippen LogP contribution >= 0.6 is 0 Å². The largest absolute Gasteiger partial charge is 0.497 e. The lowest BCUT2D eigenvalue weighted by Gasteiger charge is -2.45. The van der Waals surface area contributed by atoms with Gasteiger partial charge in [-0.25, -0.2) is 0 Å². The second-order valence-corrected chi connectivity index (χ2v) is 10.3. The lowest BCUT2D eigenvalue weighted by atomic mass is 9.94. The predicted octanol–water partition coefficient (Wildman–Crippen LogP) is 3.32. The molecule has 0 radical (unpaired) electrons. The highest BCUT2D eigenvalue weighted by Gasteiger charge is 2.53. The maximum Gasteiger partial charge on any atom is 0.303 e. The molecule has 1 aliphatic rings. The molecule has 5 atom stereocenters. The molecule has 46 heavy (non-hydrogen) atoms. The van der Waals surface area contributed by atoms with Crippen molar-refractivity contribution in [2.75, 3.05) is 13.7 Å². The molecule has 2 aromatic carbocycles. The van der Waals surface area contributed by atoms with Crippen LogP contribution < -0.4 is 10.3 Å². The number of hydrogen-bond acceptors (Lipinski definition) is 12. The van der Waals surface area contributed by atoms with E-state index in [4.69, 9.17) is 28.4 Å². The van der Waals surface area contributed by atoms with Gasteiger partial charge in [0.2, 0.25) is 0 Å². The van der Waals surface area contributed by atoms with Gasteiger partial charge in [-0.2, -0.15) is 5.26 Å². The summed E-state index contributed by atoms with van der Waals surface area (Å²) in [7, 11) is 1.50. The summed E-state index contributed by atoms with van der Waals surface area (Å²) in [6.45, 7) is 3.96. The Morgan fingerprint density at radius 3 is 1.93 bits per heavy atom. The maximum absolute atomic E-state index is 14.4. The summed E-state index contributed by atoms with van der Waals surface area (Å²) >= 11 is 0. The molecule has 13 heteroatoms. The van der Waals surface area contributed by atoms with Crippen LogP contribution in [0.2, 0.25) is 0 Å². The van der Waals surface area contributed by atoms with E-state index in [-0.39, 0.29) is 11.3 Å². The lowest BCUT2D eigenvalue weighted by molar-refractivity contribution is -0.268. The first-order valence-corrected chi connectivity index (χ1v) is 14.1. The Morgan fingerprint density at radius 2 is 1.39 bits per heavy atom. The van der Waals surface area contributed by atoms with Gasteiger partial charge in [-0.3, -0.25) is 28.5 Å². The zero-order valence-corrected chi connectivity index (χ0v) is 25.8. The van der Waals surface area contributed by atoms with Gasteiger partial charge in [-0.1, -0.05) is 30.3 Å². The van der Waals surface area contributed by atoms with Gasteiger partial charge in [-0.05, 0) is 41.5 Å². The molecule has 13 nitrogen and oxygen atoms in total. The normalized spacial score (nSPS) is 20.5. The van der Waals surface area contributed by atoms with Crippen LogP contribution in [0.3, 0.4) is 0 Å². The Bertz CT molecular complexity index is 1710. The first-order valence-electron chi connectivity index (χ1n) is 14.1. The first-order chi connectivity index (χ1) is 21.9. The molecule has 2 heterocycles. The van der Waals surface area contributed by atoms with Crippen molar-refractivity contribution < 1.29 is 47.6 Å². The fourth-order valence-corrected chi connectivity index (χ4v) is 5.23. The molecule has 0 saturated carbocycles. The second-order valence-electron chi connectivity index (χ2n) is 10.3. The van der Waals surface area contributed by atoms with E-state index in [0.717, 1.165) is 32.3 Å². The molecule has 0 N–H and O–H groups in total. The third-order valence-corrected chi connectivity index (χ3v) is 7.05. The number of pyridine rings is 1. The Morgan fingerprint density at radius 1 is 0.804 bits per heavy atom. The van der Waals surface area contributed by atoms with Crippen LogP contribution in [0.5, 0.6) is 5.75 Å². The van der Waals surface area contributed by atoms with E-state index in [0.29, 0.717) is 22.4 Å². The third kappa shape index (κ3) is 7.41. The van der Waals surface area contributed by atoms with Crippen molar-refractivity contribution in [1.29, 1.82) is 5.26 Å². The standard InChI is InChI=1S/C33H32N2O11/c1-18(36)42-17-28-29(43-19(2)37)30(44-20(3)38)31(45-21(4)39)33(46-28)35-27(23-11-13-24(41-5)14-12-23)15-25(26(16-34)32(35)40)22-9-7-6-8-10-22/h6-15,28-31,33H,17H2,1-5H3/t28-,29+,30+,31+,33-/m1/s1. The molecule has 1 aliphatic heterocycles. The van der Waals surface area contributed by atoms with E-state index in [1.54, 1.807) is 60.7 Å². The molecular weight excluding hydrogens is 600 g/mol. The zero-order chi connectivity index (χ0) is 33.5. The first kappa shape index (κ1) is 33.4. The minimum Gasteiger partial charge on any atom is -0.497 e. The monoisotopic (exact) mass is 632 g/mol. The number of nitriles is 1. The van der Waals surface area contributed by atoms with E-state index in [1.807, 2.05) is 6.07 Å². The number of carbonyl (C=O) groups excluding carboxylic acids is 4. The molecule has 240 valence electrons. The summed E-state index contributed by atoms with van der Waals surface area (Å²) in [4.78, 5) is 63.2. The van der Waals surface area contributed by atoms with Crippen molar-refractivity contribution in [3.05, 3.63) is 76.6 Å². The van der Waals surface area contributed by atoms with Crippen molar-refractivity contribution in [2.24, 2.45) is 0 Å². The van der Waals surface area contributed by atoms with Crippen molar-refractivity contribution >= 4 is 23.9 Å². The van der Waals surface area contributed by atoms with E-state index < -0.39 is 66.7 Å². The highest BCUT2D eigenvalue weighted by Crippen LogP contribution is 2.38. The number of nitrogens with zero attached hydrogens (tertiary/aromatic N) is 2. The quantitative estimate of drug-likeness (QED) is 0.250.